The number of quaternary nitrogens is 1. The third-order valence-corrected chi connectivity index (χ3v) is 6.55. The number of nitrogens with one attached hydrogen (secondary N) is 1. The fraction of sp³-hybridized carbons (Fsp3) is 0.593. The predicted molar refractivity (Wildman–Crippen MR) is 135 cm³/mol. The molecule has 7 nitrogen and oxygen atoms in total. The summed E-state index contributed by atoms with van der Waals surface area (Å²) in [7, 11) is 3.53. The number of carboxylic acid groups (broad SMARTS) is 1. The number of carboxylic acids is 1. The fourth-order valence-corrected chi connectivity index (χ4v) is 4.25. The minimum atomic E-state index is -1.02. The van der Waals surface area contributed by atoms with Gasteiger partial charge in [0.05, 0.1) is 18.5 Å². The van der Waals surface area contributed by atoms with E-state index in [1.165, 1.54) is 6.92 Å². The largest absolute Gasteiger partial charge is 0.478 e. The molecule has 0 saturated heterocycles. The van der Waals surface area contributed by atoms with E-state index in [0.717, 1.165) is 5.56 Å². The van der Waals surface area contributed by atoms with E-state index in [1.54, 1.807) is 18.0 Å². The van der Waals surface area contributed by atoms with Gasteiger partial charge in [0.1, 0.15) is 6.04 Å². The van der Waals surface area contributed by atoms with E-state index < -0.39 is 34.9 Å². The highest BCUT2D eigenvalue weighted by Crippen LogP contribution is 2.27. The molecule has 0 heterocycles. The van der Waals surface area contributed by atoms with Gasteiger partial charge in [0.2, 0.25) is 5.91 Å². The average Bonchev–Trinajstić information content (AvgIpc) is 2.74. The number of carbonyl (C=O) groups is 3. The number of rotatable bonds is 10. The highest BCUT2D eigenvalue weighted by Gasteiger charge is 2.43. The van der Waals surface area contributed by atoms with Gasteiger partial charge in [0, 0.05) is 12.6 Å². The summed E-state index contributed by atoms with van der Waals surface area (Å²) in [6.45, 7) is 15.2. The highest BCUT2D eigenvalue weighted by molar-refractivity contribution is 5.91. The van der Waals surface area contributed by atoms with Crippen LogP contribution in [0.4, 0.5) is 0 Å². The average molecular weight is 475 g/mol. The summed E-state index contributed by atoms with van der Waals surface area (Å²) >= 11 is 0. The molecule has 1 rings (SSSR count). The molecule has 1 aromatic carbocycles. The van der Waals surface area contributed by atoms with Crippen molar-refractivity contribution in [1.82, 2.24) is 10.2 Å². The van der Waals surface area contributed by atoms with Crippen LogP contribution in [-0.4, -0.2) is 60.0 Å². The van der Waals surface area contributed by atoms with Crippen molar-refractivity contribution in [2.75, 3.05) is 14.1 Å². The van der Waals surface area contributed by atoms with Crippen LogP contribution in [0, 0.1) is 11.3 Å². The van der Waals surface area contributed by atoms with Gasteiger partial charge in [-0.25, -0.2) is 4.79 Å². The number of aliphatic carboxylic acids is 1. The van der Waals surface area contributed by atoms with Crippen molar-refractivity contribution in [2.45, 2.75) is 78.9 Å². The molecule has 7 heteroatoms. The van der Waals surface area contributed by atoms with E-state index in [9.17, 15) is 19.5 Å². The van der Waals surface area contributed by atoms with Crippen LogP contribution in [0.3, 0.4) is 0 Å². The van der Waals surface area contributed by atoms with Crippen molar-refractivity contribution in [2.24, 2.45) is 11.3 Å². The fourth-order valence-electron chi connectivity index (χ4n) is 4.25. The molecule has 4 N–H and O–H groups in total. The summed E-state index contributed by atoms with van der Waals surface area (Å²) in [4.78, 5) is 40.2. The molecule has 1 aromatic rings. The van der Waals surface area contributed by atoms with E-state index >= 15 is 0 Å². The van der Waals surface area contributed by atoms with E-state index in [0.29, 0.717) is 0 Å². The quantitative estimate of drug-likeness (QED) is 0.454. The number of hydrogen-bond donors (Lipinski definition) is 3. The van der Waals surface area contributed by atoms with Crippen molar-refractivity contribution in [3.05, 3.63) is 47.5 Å². The first-order chi connectivity index (χ1) is 15.5. The Morgan fingerprint density at radius 2 is 1.59 bits per heavy atom. The summed E-state index contributed by atoms with van der Waals surface area (Å²) in [5.41, 5.74) is 0.195. The smallest absolute Gasteiger partial charge is 0.331 e. The number of benzene rings is 1. The molecule has 0 aliphatic carbocycles. The number of nitrogens with zero attached hydrogens (tertiary/aromatic N) is 1. The van der Waals surface area contributed by atoms with E-state index in [1.807, 2.05) is 91.2 Å². The highest BCUT2D eigenvalue weighted by atomic mass is 16.4. The molecule has 2 unspecified atom stereocenters. The third kappa shape index (κ3) is 7.16. The van der Waals surface area contributed by atoms with Gasteiger partial charge in [-0.3, -0.25) is 9.59 Å². The van der Waals surface area contributed by atoms with Crippen molar-refractivity contribution in [3.63, 3.8) is 0 Å². The molecular formula is C27H44N3O4+. The maximum atomic E-state index is 13.7. The van der Waals surface area contributed by atoms with Crippen LogP contribution in [0.15, 0.2) is 42.0 Å². The first-order valence-corrected chi connectivity index (χ1v) is 11.9. The summed E-state index contributed by atoms with van der Waals surface area (Å²) in [5, 5.41) is 14.2. The van der Waals surface area contributed by atoms with Crippen molar-refractivity contribution in [3.8, 4) is 0 Å². The van der Waals surface area contributed by atoms with Crippen LogP contribution in [0.5, 0.6) is 0 Å². The summed E-state index contributed by atoms with van der Waals surface area (Å²) < 4.78 is 0. The monoisotopic (exact) mass is 474 g/mol. The lowest BCUT2D eigenvalue weighted by atomic mass is 9.76. The first kappa shape index (κ1) is 29.4. The van der Waals surface area contributed by atoms with Gasteiger partial charge in [-0.2, -0.15) is 0 Å². The lowest BCUT2D eigenvalue weighted by Gasteiger charge is -2.39. The Morgan fingerprint density at radius 3 is 2.00 bits per heavy atom. The van der Waals surface area contributed by atoms with E-state index in [-0.39, 0.29) is 23.3 Å². The van der Waals surface area contributed by atoms with Crippen molar-refractivity contribution < 1.29 is 24.8 Å². The minimum Gasteiger partial charge on any atom is -0.478 e. The number of amides is 2. The van der Waals surface area contributed by atoms with Gasteiger partial charge < -0.3 is 20.6 Å². The van der Waals surface area contributed by atoms with Gasteiger partial charge in [0.25, 0.3) is 5.91 Å². The van der Waals surface area contributed by atoms with Crippen LogP contribution in [-0.2, 0) is 19.8 Å². The molecular weight excluding hydrogens is 430 g/mol. The lowest BCUT2D eigenvalue weighted by molar-refractivity contribution is -0.658. The molecule has 0 bridgehead atoms. The number of carbonyl (C=O) groups excluding carboxylic acids is 2. The zero-order valence-electron chi connectivity index (χ0n) is 22.5. The Kier molecular flexibility index (Phi) is 10.1. The van der Waals surface area contributed by atoms with Crippen LogP contribution < -0.4 is 10.6 Å². The standard InChI is InChI=1S/C27H43N3O4/c1-17(2)20(16-18(3)25(33)34)30(10)24(32)22(26(4,5)6)29-23(31)21(28-9)27(7,8)19-14-12-11-13-15-19/h11-17,20-22,28H,1-10H3,(H,29,31)(H,33,34)/p+1/b18-16+/t20?,21-,22?/m1/s1. The van der Waals surface area contributed by atoms with Gasteiger partial charge >= 0.3 is 5.97 Å². The first-order valence-electron chi connectivity index (χ1n) is 11.9. The Bertz CT molecular complexity index is 885. The molecule has 0 aliphatic rings. The van der Waals surface area contributed by atoms with Gasteiger partial charge in [-0.05, 0) is 37.7 Å². The zero-order chi connectivity index (χ0) is 26.4. The molecule has 3 atom stereocenters. The molecule has 0 radical (unpaired) electrons. The maximum Gasteiger partial charge on any atom is 0.331 e. The Labute approximate surface area is 205 Å². The molecule has 2 amide bonds. The van der Waals surface area contributed by atoms with Crippen molar-refractivity contribution >= 4 is 17.8 Å². The second-order valence-electron chi connectivity index (χ2n) is 11.0. The van der Waals surface area contributed by atoms with Gasteiger partial charge in [-0.1, -0.05) is 71.0 Å². The number of likely N-dealkylation sites (N-methyl/N-ethyl adjacent to an activating group) is 2. The van der Waals surface area contributed by atoms with E-state index in [4.69, 9.17) is 0 Å². The SMILES string of the molecule is C[NH2+][C@H](C(=O)NC(C(=O)N(C)C(/C=C(\C)C(=O)O)C(C)C)C(C)(C)C)C(C)(C)c1ccccc1. The molecule has 0 saturated carbocycles. The van der Waals surface area contributed by atoms with Crippen LogP contribution >= 0.6 is 0 Å². The number of hydrogen-bond acceptors (Lipinski definition) is 3. The molecule has 0 aromatic heterocycles. The minimum absolute atomic E-state index is 0.00620. The zero-order valence-corrected chi connectivity index (χ0v) is 22.5. The van der Waals surface area contributed by atoms with Crippen LogP contribution in [0.25, 0.3) is 0 Å². The van der Waals surface area contributed by atoms with E-state index in [2.05, 4.69) is 5.32 Å². The summed E-state index contributed by atoms with van der Waals surface area (Å²) in [5.74, 6) is -1.48. The van der Waals surface area contributed by atoms with Gasteiger partial charge in [-0.15, -0.1) is 0 Å². The Morgan fingerprint density at radius 1 is 1.06 bits per heavy atom. The van der Waals surface area contributed by atoms with Crippen LogP contribution in [0.1, 0.15) is 61.0 Å². The Balaban J connectivity index is 3.29. The van der Waals surface area contributed by atoms with Gasteiger partial charge in [0.15, 0.2) is 6.04 Å². The third-order valence-electron chi connectivity index (χ3n) is 6.55. The lowest BCUT2D eigenvalue weighted by Crippen LogP contribution is -2.93. The molecule has 34 heavy (non-hydrogen) atoms. The summed E-state index contributed by atoms with van der Waals surface area (Å²) in [6, 6.07) is 8.22. The second-order valence-corrected chi connectivity index (χ2v) is 11.0. The molecule has 190 valence electrons. The maximum absolute atomic E-state index is 13.7. The summed E-state index contributed by atoms with van der Waals surface area (Å²) in [6.07, 6.45) is 1.60. The Hall–Kier alpha value is -2.67. The predicted octanol–water partition coefficient (Wildman–Crippen LogP) is 2.57. The number of nitrogens with two attached hydrogens (primary N) is 1. The normalized spacial score (nSPS) is 15.4. The molecule has 0 aliphatic heterocycles. The van der Waals surface area contributed by atoms with Crippen molar-refractivity contribution in [1.29, 1.82) is 0 Å². The molecule has 0 fully saturated rings. The molecule has 0 spiro atoms. The topological polar surface area (TPSA) is 103 Å². The van der Waals surface area contributed by atoms with Crippen LogP contribution in [0.2, 0.25) is 0 Å². The second kappa shape index (κ2) is 11.6.